The molecule has 3 N–H and O–H groups in total. The molecule has 2 rings (SSSR count). The Kier molecular flexibility index (Phi) is 5.82. The minimum atomic E-state index is -0.374. The van der Waals surface area contributed by atoms with Gasteiger partial charge in [0.15, 0.2) is 0 Å². The maximum absolute atomic E-state index is 12.4. The maximum Gasteiger partial charge on any atom is 0.225 e. The molecule has 1 aliphatic rings. The zero-order chi connectivity index (χ0) is 14.9. The molecule has 2 atom stereocenters. The Morgan fingerprint density at radius 3 is 2.67 bits per heavy atom. The number of hydrogen-bond acceptors (Lipinski definition) is 3. The molecule has 1 aromatic heterocycles. The molecule has 0 aliphatic heterocycles. The lowest BCUT2D eigenvalue weighted by Crippen LogP contribution is -2.52. The molecule has 1 heterocycles. The van der Waals surface area contributed by atoms with Crippen LogP contribution in [0.5, 0.6) is 0 Å². The predicted molar refractivity (Wildman–Crippen MR) is 86.3 cm³/mol. The molecule has 120 valence electrons. The summed E-state index contributed by atoms with van der Waals surface area (Å²) < 4.78 is 1.85. The molecule has 1 aromatic rings. The number of nitrogens with zero attached hydrogens (tertiary/aromatic N) is 2. The highest BCUT2D eigenvalue weighted by molar-refractivity contribution is 5.85. The zero-order valence-corrected chi connectivity index (χ0v) is 14.2. The van der Waals surface area contributed by atoms with Gasteiger partial charge in [0.05, 0.1) is 11.6 Å². The topological polar surface area (TPSA) is 72.9 Å². The van der Waals surface area contributed by atoms with E-state index in [1.807, 2.05) is 32.5 Å². The third-order valence-electron chi connectivity index (χ3n) is 4.67. The summed E-state index contributed by atoms with van der Waals surface area (Å²) in [5.74, 6) is 0.00545. The van der Waals surface area contributed by atoms with Gasteiger partial charge in [-0.1, -0.05) is 12.8 Å². The number of carbonyl (C=O) groups excluding carboxylic acids is 1. The van der Waals surface area contributed by atoms with Gasteiger partial charge >= 0.3 is 0 Å². The molecule has 1 fully saturated rings. The summed E-state index contributed by atoms with van der Waals surface area (Å²) in [6.07, 6.45) is 4.04. The van der Waals surface area contributed by atoms with Crippen LogP contribution in [-0.4, -0.2) is 21.2 Å². The average molecular weight is 315 g/mol. The van der Waals surface area contributed by atoms with Gasteiger partial charge in [0.1, 0.15) is 0 Å². The van der Waals surface area contributed by atoms with Gasteiger partial charge in [-0.3, -0.25) is 9.48 Å². The molecule has 0 aromatic carbocycles. The highest BCUT2D eigenvalue weighted by atomic mass is 35.5. The summed E-state index contributed by atoms with van der Waals surface area (Å²) in [7, 11) is 1.92. The van der Waals surface area contributed by atoms with Crippen LogP contribution in [0.2, 0.25) is 0 Å². The van der Waals surface area contributed by atoms with E-state index < -0.39 is 0 Å². The molecule has 0 spiro atoms. The fourth-order valence-corrected chi connectivity index (χ4v) is 3.16. The molecular formula is C15H27ClN4O. The molecule has 1 aliphatic carbocycles. The molecule has 1 saturated carbocycles. The van der Waals surface area contributed by atoms with Crippen molar-refractivity contribution in [2.75, 3.05) is 0 Å². The van der Waals surface area contributed by atoms with E-state index in [9.17, 15) is 4.79 Å². The molecule has 0 saturated heterocycles. The fourth-order valence-electron chi connectivity index (χ4n) is 3.16. The Morgan fingerprint density at radius 1 is 1.48 bits per heavy atom. The normalized spacial score (nSPS) is 25.3. The first-order valence-corrected chi connectivity index (χ1v) is 7.38. The lowest BCUT2D eigenvalue weighted by Gasteiger charge is -2.37. The third-order valence-corrected chi connectivity index (χ3v) is 4.67. The summed E-state index contributed by atoms with van der Waals surface area (Å²) in [5, 5.41) is 7.42. The Morgan fingerprint density at radius 2 is 2.14 bits per heavy atom. The zero-order valence-electron chi connectivity index (χ0n) is 13.4. The Bertz CT molecular complexity index is 510. The number of aromatic nitrogens is 2. The van der Waals surface area contributed by atoms with Crippen LogP contribution in [0.25, 0.3) is 0 Å². The van der Waals surface area contributed by atoms with Gasteiger partial charge in [-0.15, -0.1) is 12.4 Å². The standard InChI is InChI=1S/C15H26N4O.ClH/c1-10-12(11(2)19(4)18-10)9-17-14(20)13-7-5-6-8-15(13,3)16;/h13H,5-9,16H2,1-4H3,(H,17,20);1H. The van der Waals surface area contributed by atoms with Crippen LogP contribution in [0.15, 0.2) is 0 Å². The van der Waals surface area contributed by atoms with Crippen molar-refractivity contribution in [1.82, 2.24) is 15.1 Å². The van der Waals surface area contributed by atoms with Crippen molar-refractivity contribution in [3.05, 3.63) is 17.0 Å². The number of nitrogens with one attached hydrogen (secondary N) is 1. The van der Waals surface area contributed by atoms with E-state index in [4.69, 9.17) is 5.73 Å². The van der Waals surface area contributed by atoms with Gasteiger partial charge in [-0.25, -0.2) is 0 Å². The first-order valence-electron chi connectivity index (χ1n) is 7.38. The van der Waals surface area contributed by atoms with E-state index in [2.05, 4.69) is 10.4 Å². The Hall–Kier alpha value is -1.07. The van der Waals surface area contributed by atoms with E-state index in [0.717, 1.165) is 42.6 Å². The number of nitrogens with two attached hydrogens (primary N) is 1. The second-order valence-electron chi connectivity index (χ2n) is 6.29. The van der Waals surface area contributed by atoms with Crippen molar-refractivity contribution in [3.8, 4) is 0 Å². The highest BCUT2D eigenvalue weighted by Gasteiger charge is 2.37. The van der Waals surface area contributed by atoms with E-state index >= 15 is 0 Å². The molecule has 0 bridgehead atoms. The van der Waals surface area contributed by atoms with Crippen LogP contribution in [0.1, 0.15) is 49.6 Å². The SMILES string of the molecule is Cc1nn(C)c(C)c1CNC(=O)C1CCCCC1(C)N.Cl. The summed E-state index contributed by atoms with van der Waals surface area (Å²) >= 11 is 0. The highest BCUT2D eigenvalue weighted by Crippen LogP contribution is 2.31. The fraction of sp³-hybridized carbons (Fsp3) is 0.733. The van der Waals surface area contributed by atoms with Crippen molar-refractivity contribution in [2.45, 2.75) is 58.5 Å². The van der Waals surface area contributed by atoms with Crippen molar-refractivity contribution >= 4 is 18.3 Å². The second-order valence-corrected chi connectivity index (χ2v) is 6.29. The Labute approximate surface area is 133 Å². The van der Waals surface area contributed by atoms with Crippen LogP contribution < -0.4 is 11.1 Å². The van der Waals surface area contributed by atoms with Crippen LogP contribution in [0.3, 0.4) is 0 Å². The average Bonchev–Trinajstić information content (AvgIpc) is 2.60. The van der Waals surface area contributed by atoms with E-state index in [1.165, 1.54) is 0 Å². The molecule has 1 amide bonds. The lowest BCUT2D eigenvalue weighted by atomic mass is 9.74. The molecule has 21 heavy (non-hydrogen) atoms. The number of aryl methyl sites for hydroxylation is 2. The van der Waals surface area contributed by atoms with Gasteiger partial charge in [-0.05, 0) is 33.6 Å². The summed E-state index contributed by atoms with van der Waals surface area (Å²) in [5.41, 5.74) is 9.09. The minimum Gasteiger partial charge on any atom is -0.352 e. The smallest absolute Gasteiger partial charge is 0.225 e. The lowest BCUT2D eigenvalue weighted by molar-refractivity contribution is -0.128. The monoisotopic (exact) mass is 314 g/mol. The minimum absolute atomic E-state index is 0. The van der Waals surface area contributed by atoms with Gasteiger partial charge in [0.2, 0.25) is 5.91 Å². The number of carbonyl (C=O) groups is 1. The van der Waals surface area contributed by atoms with E-state index in [1.54, 1.807) is 0 Å². The van der Waals surface area contributed by atoms with E-state index in [0.29, 0.717) is 6.54 Å². The van der Waals surface area contributed by atoms with Gasteiger partial charge < -0.3 is 11.1 Å². The van der Waals surface area contributed by atoms with Crippen LogP contribution >= 0.6 is 12.4 Å². The number of amides is 1. The first-order chi connectivity index (χ1) is 9.33. The molecule has 2 unspecified atom stereocenters. The quantitative estimate of drug-likeness (QED) is 0.896. The maximum atomic E-state index is 12.4. The molecular weight excluding hydrogens is 288 g/mol. The van der Waals surface area contributed by atoms with Gasteiger partial charge in [-0.2, -0.15) is 5.10 Å². The third kappa shape index (κ3) is 3.77. The first kappa shape index (κ1) is 18.0. The van der Waals surface area contributed by atoms with Crippen molar-refractivity contribution in [2.24, 2.45) is 18.7 Å². The molecule has 5 nitrogen and oxygen atoms in total. The largest absolute Gasteiger partial charge is 0.352 e. The van der Waals surface area contributed by atoms with Crippen LogP contribution in [0, 0.1) is 19.8 Å². The summed E-state index contributed by atoms with van der Waals surface area (Å²) in [6.45, 7) is 6.53. The van der Waals surface area contributed by atoms with Gasteiger partial charge in [0.25, 0.3) is 0 Å². The predicted octanol–water partition coefficient (Wildman–Crippen LogP) is 1.98. The van der Waals surface area contributed by atoms with Crippen molar-refractivity contribution in [3.63, 3.8) is 0 Å². The van der Waals surface area contributed by atoms with Crippen LogP contribution in [0.4, 0.5) is 0 Å². The molecule has 6 heteroatoms. The second kappa shape index (κ2) is 6.79. The van der Waals surface area contributed by atoms with Crippen LogP contribution in [-0.2, 0) is 18.4 Å². The van der Waals surface area contributed by atoms with Crippen molar-refractivity contribution in [1.29, 1.82) is 0 Å². The van der Waals surface area contributed by atoms with E-state index in [-0.39, 0.29) is 29.8 Å². The number of halogens is 1. The molecule has 0 radical (unpaired) electrons. The van der Waals surface area contributed by atoms with Crippen molar-refractivity contribution < 1.29 is 4.79 Å². The Balaban J connectivity index is 0.00000220. The van der Waals surface area contributed by atoms with Gasteiger partial charge in [0, 0.05) is 30.4 Å². The summed E-state index contributed by atoms with van der Waals surface area (Å²) in [4.78, 5) is 12.4. The number of hydrogen-bond donors (Lipinski definition) is 2. The number of rotatable bonds is 3. The summed E-state index contributed by atoms with van der Waals surface area (Å²) in [6, 6.07) is 0.